The van der Waals surface area contributed by atoms with E-state index in [1.54, 1.807) is 0 Å². The minimum atomic E-state index is -1.04. The summed E-state index contributed by atoms with van der Waals surface area (Å²) < 4.78 is 19.0. The number of hydrogen-bond donors (Lipinski definition) is 5. The number of aryl methyl sites for hydroxylation is 1. The van der Waals surface area contributed by atoms with Gasteiger partial charge < -0.3 is 29.3 Å². The summed E-state index contributed by atoms with van der Waals surface area (Å²) in [6.45, 7) is 4.34. The summed E-state index contributed by atoms with van der Waals surface area (Å²) in [7, 11) is 0. The number of aliphatic hydroxyl groups excluding tert-OH is 2. The van der Waals surface area contributed by atoms with E-state index in [1.807, 2.05) is 0 Å². The minimum Gasteiger partial charge on any atom is -0.445 e. The van der Waals surface area contributed by atoms with Crippen LogP contribution in [0.4, 0.5) is 4.79 Å². The number of aromatic nitrogens is 4. The Hall–Kier alpha value is -4.32. The van der Waals surface area contributed by atoms with Crippen molar-refractivity contribution in [3.8, 4) is 0 Å². The number of rotatable bonds is 7. The fourth-order valence-corrected chi connectivity index (χ4v) is 4.41. The van der Waals surface area contributed by atoms with Gasteiger partial charge in [-0.25, -0.2) is 19.4 Å². The Morgan fingerprint density at radius 3 is 2.66 bits per heavy atom. The SMILES string of the molecule is C=CCOC(=O)NC(=NC[C@H]1O[C@@H](n2cc(C)c(=O)[nH]c2=O)C[C@@H]1O)N1CC(CO)OC(n2ccc(=O)[nH]c2=O)C1. The Morgan fingerprint density at radius 1 is 1.20 bits per heavy atom. The average molecular weight is 578 g/mol. The number of guanidine groups is 1. The molecule has 0 aromatic carbocycles. The quantitative estimate of drug-likeness (QED) is 0.131. The molecule has 222 valence electrons. The fourth-order valence-electron chi connectivity index (χ4n) is 4.41. The normalized spacial score (nSPS) is 24.7. The Bertz CT molecular complexity index is 1530. The van der Waals surface area contributed by atoms with E-state index in [-0.39, 0.29) is 44.2 Å². The molecule has 2 aromatic rings. The number of alkyl carbamates (subject to hydrolysis) is 1. The van der Waals surface area contributed by atoms with Crippen LogP contribution in [0.5, 0.6) is 0 Å². The number of H-pyrrole nitrogens is 2. The molecule has 5 N–H and O–H groups in total. The van der Waals surface area contributed by atoms with Crippen LogP contribution in [0, 0.1) is 6.92 Å². The van der Waals surface area contributed by atoms with E-state index in [4.69, 9.17) is 14.2 Å². The molecule has 2 aromatic heterocycles. The van der Waals surface area contributed by atoms with Gasteiger partial charge in [-0.3, -0.25) is 34.0 Å². The second-order valence-corrected chi connectivity index (χ2v) is 9.41. The standard InChI is InChI=1S/C24H31N7O10/c1-3-6-39-24(38)28-21(29-10-14(12-32)40-19(11-29)30-5-4-17(34)26-22(30)36)25-8-16-15(33)7-18(41-16)31-9-13(2)20(35)27-23(31)37/h3-5,9,14-16,18-19,32-33H,1,6-8,10-12H2,2H3,(H,25,28,38)(H,26,34,36)(H,27,35,37)/t14?,15-,16+,18+,19?/m0/s1. The summed E-state index contributed by atoms with van der Waals surface area (Å²) in [6.07, 6.45) is -1.47. The number of ether oxygens (including phenoxy) is 3. The van der Waals surface area contributed by atoms with E-state index in [0.29, 0.717) is 0 Å². The van der Waals surface area contributed by atoms with Gasteiger partial charge in [0.05, 0.1) is 25.8 Å². The third-order valence-corrected chi connectivity index (χ3v) is 6.44. The molecule has 0 spiro atoms. The van der Waals surface area contributed by atoms with Crippen molar-refractivity contribution in [2.75, 3.05) is 32.8 Å². The van der Waals surface area contributed by atoms with Gasteiger partial charge in [-0.15, -0.1) is 0 Å². The van der Waals surface area contributed by atoms with Gasteiger partial charge in [-0.2, -0.15) is 0 Å². The maximum Gasteiger partial charge on any atom is 0.414 e. The first-order chi connectivity index (χ1) is 19.6. The molecule has 2 unspecified atom stereocenters. The van der Waals surface area contributed by atoms with Gasteiger partial charge in [0.2, 0.25) is 5.96 Å². The predicted octanol–water partition coefficient (Wildman–Crippen LogP) is -2.50. The summed E-state index contributed by atoms with van der Waals surface area (Å²) >= 11 is 0. The predicted molar refractivity (Wildman–Crippen MR) is 141 cm³/mol. The molecular weight excluding hydrogens is 546 g/mol. The molecule has 0 aliphatic carbocycles. The van der Waals surface area contributed by atoms with Gasteiger partial charge in [0.25, 0.3) is 11.1 Å². The largest absolute Gasteiger partial charge is 0.445 e. The molecule has 41 heavy (non-hydrogen) atoms. The Balaban J connectivity index is 1.58. The molecular formula is C24H31N7O10. The zero-order chi connectivity index (χ0) is 29.7. The van der Waals surface area contributed by atoms with Crippen LogP contribution in [0.2, 0.25) is 0 Å². The van der Waals surface area contributed by atoms with Crippen molar-refractivity contribution >= 4 is 12.1 Å². The van der Waals surface area contributed by atoms with Crippen molar-refractivity contribution < 1.29 is 29.2 Å². The van der Waals surface area contributed by atoms with Gasteiger partial charge >= 0.3 is 17.5 Å². The van der Waals surface area contributed by atoms with Crippen LogP contribution in [0.1, 0.15) is 24.4 Å². The van der Waals surface area contributed by atoms with Crippen LogP contribution in [-0.4, -0.2) is 97.4 Å². The van der Waals surface area contributed by atoms with Gasteiger partial charge in [0, 0.05) is 37.0 Å². The van der Waals surface area contributed by atoms with E-state index in [0.717, 1.165) is 10.6 Å². The molecule has 2 fully saturated rings. The molecule has 17 nitrogen and oxygen atoms in total. The second-order valence-electron chi connectivity index (χ2n) is 9.41. The van der Waals surface area contributed by atoms with E-state index < -0.39 is 66.0 Å². The first-order valence-corrected chi connectivity index (χ1v) is 12.7. The first kappa shape index (κ1) is 29.7. The van der Waals surface area contributed by atoms with Crippen LogP contribution >= 0.6 is 0 Å². The lowest BCUT2D eigenvalue weighted by molar-refractivity contribution is -0.122. The monoisotopic (exact) mass is 577 g/mol. The van der Waals surface area contributed by atoms with E-state index in [2.05, 4.69) is 26.9 Å². The topological polar surface area (TPSA) is 223 Å². The first-order valence-electron chi connectivity index (χ1n) is 12.7. The maximum absolute atomic E-state index is 12.4. The molecule has 2 aliphatic rings. The molecule has 0 radical (unpaired) electrons. The molecule has 5 atom stereocenters. The van der Waals surface area contributed by atoms with Crippen LogP contribution in [0.15, 0.2) is 55.3 Å². The summed E-state index contributed by atoms with van der Waals surface area (Å²) in [6, 6.07) is 1.14. The molecule has 2 aliphatic heterocycles. The van der Waals surface area contributed by atoms with Crippen LogP contribution in [-0.2, 0) is 14.2 Å². The maximum atomic E-state index is 12.4. The zero-order valence-electron chi connectivity index (χ0n) is 22.1. The highest BCUT2D eigenvalue weighted by Gasteiger charge is 2.37. The number of aliphatic hydroxyl groups is 2. The van der Waals surface area contributed by atoms with Crippen molar-refractivity contribution in [3.63, 3.8) is 0 Å². The van der Waals surface area contributed by atoms with Gasteiger partial charge in [-0.1, -0.05) is 12.7 Å². The van der Waals surface area contributed by atoms with E-state index >= 15 is 0 Å². The molecule has 4 rings (SSSR count). The number of nitrogens with one attached hydrogen (secondary N) is 3. The Kier molecular flexibility index (Phi) is 9.33. The molecule has 0 bridgehead atoms. The number of aliphatic imine (C=N–C) groups is 1. The third-order valence-electron chi connectivity index (χ3n) is 6.44. The number of amides is 1. The number of nitrogens with zero attached hydrogens (tertiary/aromatic N) is 4. The highest BCUT2D eigenvalue weighted by atomic mass is 16.6. The lowest BCUT2D eigenvalue weighted by atomic mass is 10.2. The smallest absolute Gasteiger partial charge is 0.414 e. The molecule has 17 heteroatoms. The van der Waals surface area contributed by atoms with Crippen LogP contribution in [0.25, 0.3) is 0 Å². The van der Waals surface area contributed by atoms with Gasteiger partial charge in [-0.05, 0) is 6.92 Å². The van der Waals surface area contributed by atoms with Crippen LogP contribution in [0.3, 0.4) is 0 Å². The van der Waals surface area contributed by atoms with Crippen molar-refractivity contribution in [2.24, 2.45) is 4.99 Å². The fraction of sp³-hybridized carbons (Fsp3) is 0.500. The van der Waals surface area contributed by atoms with Crippen molar-refractivity contribution in [2.45, 2.75) is 44.1 Å². The van der Waals surface area contributed by atoms with Crippen molar-refractivity contribution in [3.05, 3.63) is 78.4 Å². The minimum absolute atomic E-state index is 0.0282. The third kappa shape index (κ3) is 7.07. The summed E-state index contributed by atoms with van der Waals surface area (Å²) in [5.41, 5.74) is -2.27. The number of hydrogen-bond acceptors (Lipinski definition) is 11. The summed E-state index contributed by atoms with van der Waals surface area (Å²) in [5.74, 6) is -0.0282. The second kappa shape index (κ2) is 12.9. The average Bonchev–Trinajstić information content (AvgIpc) is 3.31. The van der Waals surface area contributed by atoms with Gasteiger partial charge in [0.15, 0.2) is 6.23 Å². The number of aromatic amines is 2. The van der Waals surface area contributed by atoms with E-state index in [1.165, 1.54) is 34.9 Å². The molecule has 2 saturated heterocycles. The van der Waals surface area contributed by atoms with Crippen molar-refractivity contribution in [1.29, 1.82) is 0 Å². The van der Waals surface area contributed by atoms with Crippen molar-refractivity contribution in [1.82, 2.24) is 29.3 Å². The summed E-state index contributed by atoms with van der Waals surface area (Å²) in [4.78, 5) is 70.6. The lowest BCUT2D eigenvalue weighted by Crippen LogP contribution is -2.55. The van der Waals surface area contributed by atoms with Gasteiger partial charge in [0.1, 0.15) is 25.0 Å². The number of carbonyl (C=O) groups excluding carboxylic acids is 1. The number of morpholine rings is 1. The number of carbonyl (C=O) groups is 1. The summed E-state index contributed by atoms with van der Waals surface area (Å²) in [5, 5.41) is 23.0. The zero-order valence-corrected chi connectivity index (χ0v) is 22.1. The highest BCUT2D eigenvalue weighted by Crippen LogP contribution is 2.28. The molecule has 4 heterocycles. The van der Waals surface area contributed by atoms with E-state index in [9.17, 15) is 34.2 Å². The molecule has 1 amide bonds. The van der Waals surface area contributed by atoms with Crippen LogP contribution < -0.4 is 27.8 Å². The lowest BCUT2D eigenvalue weighted by Gasteiger charge is -2.39. The Labute approximate surface area is 231 Å². The Morgan fingerprint density at radius 2 is 1.95 bits per heavy atom. The molecule has 0 saturated carbocycles. The highest BCUT2D eigenvalue weighted by molar-refractivity contribution is 5.94.